The Balaban J connectivity index is 1.41. The molecule has 0 radical (unpaired) electrons. The van der Waals surface area contributed by atoms with Gasteiger partial charge in [0.05, 0.1) is 11.0 Å². The number of benzene rings is 6. The average molecular weight is 659 g/mol. The minimum Gasteiger partial charge on any atom is -0.312 e. The van der Waals surface area contributed by atoms with Crippen LogP contribution in [0.25, 0.3) is 27.5 Å². The summed E-state index contributed by atoms with van der Waals surface area (Å²) < 4.78 is 2.62. The number of fused-ring (bicyclic) bond motifs is 11. The first-order chi connectivity index (χ1) is 24.3. The first-order valence-corrected chi connectivity index (χ1v) is 18.7. The van der Waals surface area contributed by atoms with Crippen molar-refractivity contribution in [2.45, 2.75) is 73.1 Å². The molecule has 3 aliphatic rings. The monoisotopic (exact) mass is 658 g/mol. The van der Waals surface area contributed by atoms with Gasteiger partial charge in [-0.25, -0.2) is 0 Å². The number of rotatable bonds is 1. The maximum atomic E-state index is 2.64. The molecule has 4 heteroatoms. The zero-order valence-electron chi connectivity index (χ0n) is 31.4. The number of hydrogen-bond donors (Lipinski definition) is 0. The fourth-order valence-electron chi connectivity index (χ4n) is 9.54. The van der Waals surface area contributed by atoms with E-state index in [1.54, 1.807) is 0 Å². The average Bonchev–Trinajstić information content (AvgIpc) is 3.41. The molecule has 3 aliphatic heterocycles. The highest BCUT2D eigenvalue weighted by atomic mass is 15.2. The summed E-state index contributed by atoms with van der Waals surface area (Å²) in [6.07, 6.45) is 0. The van der Waals surface area contributed by atoms with Gasteiger partial charge in [0.25, 0.3) is 6.71 Å². The number of aromatic nitrogens is 1. The molecule has 0 fully saturated rings. The van der Waals surface area contributed by atoms with Gasteiger partial charge in [-0.1, -0.05) is 137 Å². The van der Waals surface area contributed by atoms with Crippen molar-refractivity contribution in [3.05, 3.63) is 131 Å². The van der Waals surface area contributed by atoms with Crippen LogP contribution >= 0.6 is 0 Å². The second kappa shape index (κ2) is 10.1. The summed E-state index contributed by atoms with van der Waals surface area (Å²) in [7, 11) is 0. The molecule has 0 amide bonds. The first-order valence-electron chi connectivity index (χ1n) is 18.7. The van der Waals surface area contributed by atoms with Crippen molar-refractivity contribution >= 4 is 85.1 Å². The number of anilines is 3. The Morgan fingerprint density at radius 2 is 1.08 bits per heavy atom. The molecule has 0 bridgehead atoms. The SMILES string of the molecule is Cc1ccc2c(c1)B1c3cc(C)ccc3-n3c4cc(C(C)(C)C)ccc4c4cc5c(c1c43)N2c1cc(C)ccc1B5c1ccc(C(C)(C)C)cc1. The minimum atomic E-state index is 0.0445. The summed E-state index contributed by atoms with van der Waals surface area (Å²) in [6, 6.07) is 40.8. The standard InChI is InChI=1S/C47H44B2N2/c1-27-11-20-39-36(22-27)49-37-23-28(2)12-21-40(37)51-42-24-29(3)10-19-35(42)48(32-16-13-30(14-17-32)46(4,5)6)38-26-34-33-18-15-31(47(7,8)9)25-41(33)50(39)44(34)43(49)45(38)51/h10-26H,1-9H3. The third kappa shape index (κ3) is 4.20. The molecule has 0 saturated carbocycles. The van der Waals surface area contributed by atoms with Crippen LogP contribution < -0.4 is 37.7 Å². The van der Waals surface area contributed by atoms with Gasteiger partial charge < -0.3 is 9.47 Å². The van der Waals surface area contributed by atoms with Gasteiger partial charge in [0.15, 0.2) is 0 Å². The highest BCUT2D eigenvalue weighted by Crippen LogP contribution is 2.44. The van der Waals surface area contributed by atoms with Crippen molar-refractivity contribution in [3.63, 3.8) is 0 Å². The molecule has 6 aromatic carbocycles. The van der Waals surface area contributed by atoms with E-state index in [1.165, 1.54) is 105 Å². The van der Waals surface area contributed by atoms with Crippen LogP contribution in [-0.2, 0) is 10.8 Å². The Kier molecular flexibility index (Phi) is 6.10. The Labute approximate surface area is 303 Å². The van der Waals surface area contributed by atoms with Crippen molar-refractivity contribution in [3.8, 4) is 5.69 Å². The summed E-state index contributed by atoms with van der Waals surface area (Å²) in [5.74, 6) is 0. The third-order valence-electron chi connectivity index (χ3n) is 12.1. The van der Waals surface area contributed by atoms with Crippen molar-refractivity contribution in [2.75, 3.05) is 4.90 Å². The molecule has 0 spiro atoms. The van der Waals surface area contributed by atoms with Crippen molar-refractivity contribution < 1.29 is 0 Å². The van der Waals surface area contributed by atoms with Gasteiger partial charge >= 0.3 is 0 Å². The lowest BCUT2D eigenvalue weighted by molar-refractivity contribution is 0.590. The first kappa shape index (κ1) is 30.8. The number of hydrogen-bond acceptors (Lipinski definition) is 1. The van der Waals surface area contributed by atoms with Gasteiger partial charge in [-0.2, -0.15) is 0 Å². The van der Waals surface area contributed by atoms with Gasteiger partial charge in [0, 0.05) is 33.5 Å². The maximum Gasteiger partial charge on any atom is 0.252 e. The van der Waals surface area contributed by atoms with Crippen molar-refractivity contribution in [1.29, 1.82) is 0 Å². The molecule has 2 nitrogen and oxygen atoms in total. The van der Waals surface area contributed by atoms with Crippen LogP contribution in [0.5, 0.6) is 0 Å². The van der Waals surface area contributed by atoms with Crippen LogP contribution in [0.4, 0.5) is 17.1 Å². The summed E-state index contributed by atoms with van der Waals surface area (Å²) in [5, 5.41) is 2.70. The molecular weight excluding hydrogens is 614 g/mol. The smallest absolute Gasteiger partial charge is 0.252 e. The van der Waals surface area contributed by atoms with Crippen LogP contribution in [0.15, 0.2) is 103 Å². The van der Waals surface area contributed by atoms with Gasteiger partial charge in [0.1, 0.15) is 0 Å². The fraction of sp³-hybridized carbons (Fsp3) is 0.234. The lowest BCUT2D eigenvalue weighted by Gasteiger charge is -2.45. The molecule has 10 rings (SSSR count). The van der Waals surface area contributed by atoms with Gasteiger partial charge in [-0.05, 0) is 99.9 Å². The Hall–Kier alpha value is -4.95. The van der Waals surface area contributed by atoms with Gasteiger partial charge in [-0.15, -0.1) is 0 Å². The van der Waals surface area contributed by atoms with Crippen molar-refractivity contribution in [1.82, 2.24) is 4.57 Å². The lowest BCUT2D eigenvalue weighted by Crippen LogP contribution is -2.66. The highest BCUT2D eigenvalue weighted by Gasteiger charge is 2.47. The number of aryl methyl sites for hydroxylation is 3. The second-order valence-electron chi connectivity index (χ2n) is 17.7. The molecule has 0 atom stereocenters. The van der Waals surface area contributed by atoms with E-state index >= 15 is 0 Å². The Morgan fingerprint density at radius 3 is 1.76 bits per heavy atom. The molecule has 4 heterocycles. The predicted molar refractivity (Wildman–Crippen MR) is 223 cm³/mol. The molecule has 0 unspecified atom stereocenters. The van der Waals surface area contributed by atoms with Crippen LogP contribution in [-0.4, -0.2) is 18.0 Å². The van der Waals surface area contributed by atoms with E-state index in [-0.39, 0.29) is 24.3 Å². The van der Waals surface area contributed by atoms with Crippen LogP contribution in [0.3, 0.4) is 0 Å². The van der Waals surface area contributed by atoms with E-state index in [0.717, 1.165) is 0 Å². The molecule has 1 aromatic heterocycles. The van der Waals surface area contributed by atoms with Crippen LogP contribution in [0.2, 0.25) is 0 Å². The largest absolute Gasteiger partial charge is 0.312 e. The predicted octanol–water partition coefficient (Wildman–Crippen LogP) is 7.75. The zero-order chi connectivity index (χ0) is 35.3. The minimum absolute atomic E-state index is 0.0445. The van der Waals surface area contributed by atoms with Crippen LogP contribution in [0, 0.1) is 20.8 Å². The highest BCUT2D eigenvalue weighted by molar-refractivity contribution is 7.03. The quantitative estimate of drug-likeness (QED) is 0.164. The van der Waals surface area contributed by atoms with E-state index in [9.17, 15) is 0 Å². The van der Waals surface area contributed by atoms with E-state index in [1.807, 2.05) is 0 Å². The third-order valence-corrected chi connectivity index (χ3v) is 12.1. The van der Waals surface area contributed by atoms with Gasteiger partial charge in [-0.3, -0.25) is 0 Å². The second-order valence-corrected chi connectivity index (χ2v) is 17.7. The molecule has 0 N–H and O–H groups in total. The molecule has 248 valence electrons. The summed E-state index contributed by atoms with van der Waals surface area (Å²) in [4.78, 5) is 2.64. The maximum absolute atomic E-state index is 2.64. The lowest BCUT2D eigenvalue weighted by atomic mass is 9.29. The van der Waals surface area contributed by atoms with Crippen LogP contribution in [0.1, 0.15) is 69.4 Å². The summed E-state index contributed by atoms with van der Waals surface area (Å²) in [6.45, 7) is 20.9. The molecule has 0 aliphatic carbocycles. The topological polar surface area (TPSA) is 8.17 Å². The van der Waals surface area contributed by atoms with E-state index in [0.29, 0.717) is 0 Å². The summed E-state index contributed by atoms with van der Waals surface area (Å²) in [5.41, 5.74) is 23.1. The van der Waals surface area contributed by atoms with E-state index < -0.39 is 0 Å². The Morgan fingerprint density at radius 1 is 0.471 bits per heavy atom. The van der Waals surface area contributed by atoms with E-state index in [4.69, 9.17) is 0 Å². The molecule has 0 saturated heterocycles. The van der Waals surface area contributed by atoms with Crippen molar-refractivity contribution in [2.24, 2.45) is 0 Å². The molecule has 51 heavy (non-hydrogen) atoms. The zero-order valence-corrected chi connectivity index (χ0v) is 31.4. The normalized spacial score (nSPS) is 14.3. The van der Waals surface area contributed by atoms with E-state index in [2.05, 4.69) is 175 Å². The molecule has 7 aromatic rings. The van der Waals surface area contributed by atoms with Gasteiger partial charge in [0.2, 0.25) is 6.71 Å². The number of nitrogens with zero attached hydrogens (tertiary/aromatic N) is 2. The Bertz CT molecular complexity index is 2650. The summed E-state index contributed by atoms with van der Waals surface area (Å²) >= 11 is 0. The fourth-order valence-corrected chi connectivity index (χ4v) is 9.54. The molecular formula is C47H44B2N2.